The third-order valence-corrected chi connectivity index (χ3v) is 19.5. The summed E-state index contributed by atoms with van der Waals surface area (Å²) >= 11 is 0. The van der Waals surface area contributed by atoms with E-state index < -0.39 is 8.07 Å². The molecule has 0 aliphatic heterocycles. The van der Waals surface area contributed by atoms with Crippen LogP contribution in [0.1, 0.15) is 0 Å². The number of hydrogen-bond donors (Lipinski definition) is 0. The summed E-state index contributed by atoms with van der Waals surface area (Å²) in [7, 11) is -2.77. The Morgan fingerprint density at radius 2 is 0.629 bits per heavy atom. The smallest absolute Gasteiger partial charge is 0.179 e. The van der Waals surface area contributed by atoms with Crippen molar-refractivity contribution in [3.05, 3.63) is 273 Å². The van der Waals surface area contributed by atoms with E-state index in [1.165, 1.54) is 97.3 Å². The van der Waals surface area contributed by atoms with Crippen molar-refractivity contribution in [1.29, 1.82) is 0 Å². The average molecular weight is 908 g/mol. The molecule has 70 heavy (non-hydrogen) atoms. The number of para-hydroxylation sites is 5. The van der Waals surface area contributed by atoms with Crippen molar-refractivity contribution in [2.45, 2.75) is 0 Å². The lowest BCUT2D eigenvalue weighted by molar-refractivity contribution is 1.17. The third kappa shape index (κ3) is 6.00. The Morgan fingerprint density at radius 3 is 1.23 bits per heavy atom. The largest absolute Gasteiger partial charge is 0.309 e. The first-order valence-electron chi connectivity index (χ1n) is 24.2. The van der Waals surface area contributed by atoms with Crippen molar-refractivity contribution in [2.24, 2.45) is 0 Å². The van der Waals surface area contributed by atoms with Crippen LogP contribution in [0.5, 0.6) is 0 Å². The zero-order valence-corrected chi connectivity index (χ0v) is 39.3. The molecule has 14 rings (SSSR count). The van der Waals surface area contributed by atoms with Crippen molar-refractivity contribution in [2.75, 3.05) is 0 Å². The Balaban J connectivity index is 0.978. The van der Waals surface area contributed by atoms with Crippen molar-refractivity contribution in [3.63, 3.8) is 0 Å². The Morgan fingerprint density at radius 1 is 0.229 bits per heavy atom. The molecule has 0 radical (unpaired) electrons. The van der Waals surface area contributed by atoms with Gasteiger partial charge >= 0.3 is 0 Å². The molecule has 0 aliphatic rings. The van der Waals surface area contributed by atoms with Crippen LogP contribution >= 0.6 is 0 Å². The molecule has 0 atom stereocenters. The maximum Gasteiger partial charge on any atom is 0.179 e. The molecule has 0 amide bonds. The third-order valence-electron chi connectivity index (χ3n) is 14.8. The van der Waals surface area contributed by atoms with Gasteiger partial charge in [-0.15, -0.1) is 0 Å². The highest BCUT2D eigenvalue weighted by molar-refractivity contribution is 7.19. The zero-order chi connectivity index (χ0) is 46.2. The van der Waals surface area contributed by atoms with Gasteiger partial charge in [-0.3, -0.25) is 0 Å². The molecular weight excluding hydrogens is 863 g/mol. The fourth-order valence-electron chi connectivity index (χ4n) is 11.8. The maximum atomic E-state index is 2.50. The van der Waals surface area contributed by atoms with E-state index >= 15 is 0 Å². The maximum absolute atomic E-state index is 2.77. The summed E-state index contributed by atoms with van der Waals surface area (Å²) in [5.41, 5.74) is 13.0. The van der Waals surface area contributed by atoms with Crippen molar-refractivity contribution >= 4 is 94.2 Å². The van der Waals surface area contributed by atoms with Crippen LogP contribution in [0.15, 0.2) is 273 Å². The quantitative estimate of drug-likeness (QED) is 0.107. The number of aromatic nitrogens is 3. The van der Waals surface area contributed by atoms with Gasteiger partial charge in [-0.25, -0.2) is 0 Å². The van der Waals surface area contributed by atoms with Gasteiger partial charge in [0.25, 0.3) is 0 Å². The second kappa shape index (κ2) is 16.1. The van der Waals surface area contributed by atoms with Gasteiger partial charge in [-0.1, -0.05) is 200 Å². The molecule has 0 unspecified atom stereocenters. The molecule has 0 N–H and O–H groups in total. The minimum Gasteiger partial charge on any atom is -0.309 e. The van der Waals surface area contributed by atoms with E-state index in [1.807, 2.05) is 0 Å². The van der Waals surface area contributed by atoms with Crippen molar-refractivity contribution in [1.82, 2.24) is 13.7 Å². The Kier molecular flexibility index (Phi) is 9.23. The second-order valence-electron chi connectivity index (χ2n) is 18.4. The Labute approximate surface area is 407 Å². The molecule has 0 fully saturated rings. The number of nitrogens with zero attached hydrogens (tertiary/aromatic N) is 3. The molecule has 11 aromatic carbocycles. The minimum atomic E-state index is -2.77. The molecule has 4 heteroatoms. The molecule has 14 aromatic rings. The molecular formula is C66H45N3Si. The topological polar surface area (TPSA) is 14.8 Å². The molecule has 328 valence electrons. The minimum absolute atomic E-state index is 1.13. The van der Waals surface area contributed by atoms with Crippen molar-refractivity contribution in [3.8, 4) is 28.2 Å². The second-order valence-corrected chi connectivity index (χ2v) is 22.2. The fourth-order valence-corrected chi connectivity index (χ4v) is 16.6. The van der Waals surface area contributed by atoms with Gasteiger partial charge < -0.3 is 13.7 Å². The summed E-state index contributed by atoms with van der Waals surface area (Å²) in [5, 5.41) is 12.8. The normalized spacial score (nSPS) is 12.0. The van der Waals surface area contributed by atoms with Gasteiger partial charge in [0.05, 0.1) is 33.1 Å². The lowest BCUT2D eigenvalue weighted by Gasteiger charge is -2.34. The van der Waals surface area contributed by atoms with E-state index in [0.29, 0.717) is 0 Å². The summed E-state index contributed by atoms with van der Waals surface area (Å²) in [4.78, 5) is 0. The van der Waals surface area contributed by atoms with Gasteiger partial charge in [-0.2, -0.15) is 0 Å². The predicted molar refractivity (Wildman–Crippen MR) is 299 cm³/mol. The summed E-state index contributed by atoms with van der Waals surface area (Å²) in [6.45, 7) is 0. The van der Waals surface area contributed by atoms with Crippen LogP contribution in [0.4, 0.5) is 0 Å². The first kappa shape index (κ1) is 40.1. The monoisotopic (exact) mass is 907 g/mol. The fraction of sp³-hybridized carbons (Fsp3) is 0. The van der Waals surface area contributed by atoms with Gasteiger partial charge in [0.1, 0.15) is 0 Å². The van der Waals surface area contributed by atoms with Crippen LogP contribution < -0.4 is 20.7 Å². The molecule has 3 aromatic heterocycles. The lowest BCUT2D eigenvalue weighted by atomic mass is 10.00. The Hall–Kier alpha value is -8.96. The van der Waals surface area contributed by atoms with Crippen LogP contribution in [0, 0.1) is 0 Å². The highest BCUT2D eigenvalue weighted by Crippen LogP contribution is 2.42. The van der Waals surface area contributed by atoms with Crippen LogP contribution in [0.2, 0.25) is 0 Å². The Bertz CT molecular complexity index is 4180. The molecule has 3 nitrogen and oxygen atoms in total. The van der Waals surface area contributed by atoms with Crippen LogP contribution in [-0.2, 0) is 0 Å². The number of fused-ring (bicyclic) bond motifs is 9. The molecule has 0 saturated heterocycles. The van der Waals surface area contributed by atoms with Crippen LogP contribution in [0.3, 0.4) is 0 Å². The van der Waals surface area contributed by atoms with Crippen LogP contribution in [-0.4, -0.2) is 21.8 Å². The van der Waals surface area contributed by atoms with Gasteiger partial charge in [0, 0.05) is 54.9 Å². The highest BCUT2D eigenvalue weighted by Gasteiger charge is 2.41. The first-order chi connectivity index (χ1) is 34.8. The van der Waals surface area contributed by atoms with E-state index in [9.17, 15) is 0 Å². The average Bonchev–Trinajstić information content (AvgIpc) is 4.08. The van der Waals surface area contributed by atoms with E-state index in [-0.39, 0.29) is 0 Å². The summed E-state index contributed by atoms with van der Waals surface area (Å²) < 4.78 is 7.38. The van der Waals surface area contributed by atoms with E-state index in [2.05, 4.69) is 287 Å². The number of rotatable bonds is 8. The molecule has 3 heterocycles. The molecule has 0 saturated carbocycles. The standard InChI is InChI=1S/C66H45N3Si/c1-5-21-47(22-6-1)67-61-36-16-14-32-56(61)59-43-46(39-41-64(59)67)54-34-20-35-58-55-31-13-18-38-63(55)69(66(54)58)49-40-42-65-60(45-49)57-33-15-17-37-62(57)68(65)48-23-19-30-53(44-48)70(50-24-7-2-8-25-50,51-26-9-3-10-27-51)52-28-11-4-12-29-52/h1-45H. The van der Waals surface area contributed by atoms with Crippen LogP contribution in [0.25, 0.3) is 93.6 Å². The van der Waals surface area contributed by atoms with E-state index in [1.54, 1.807) is 0 Å². The summed E-state index contributed by atoms with van der Waals surface area (Å²) in [6, 6.07) is 101. The predicted octanol–water partition coefficient (Wildman–Crippen LogP) is 14.0. The van der Waals surface area contributed by atoms with Crippen molar-refractivity contribution < 1.29 is 0 Å². The molecule has 0 aliphatic carbocycles. The van der Waals surface area contributed by atoms with E-state index in [4.69, 9.17) is 0 Å². The SMILES string of the molecule is c1ccc(-n2c3ccccc3c3cc(-c4cccc5c6ccccc6n(-c6ccc7c(c6)c6ccccc6n7-c6cccc([Si](c7ccccc7)(c7ccccc7)c7ccccc7)c6)c45)ccc32)cc1. The summed E-state index contributed by atoms with van der Waals surface area (Å²) in [5.74, 6) is 0. The zero-order valence-electron chi connectivity index (χ0n) is 38.3. The summed E-state index contributed by atoms with van der Waals surface area (Å²) in [6.07, 6.45) is 0. The first-order valence-corrected chi connectivity index (χ1v) is 26.2. The number of benzene rings is 11. The molecule has 0 bridgehead atoms. The lowest BCUT2D eigenvalue weighted by Crippen LogP contribution is -2.74. The van der Waals surface area contributed by atoms with Gasteiger partial charge in [0.2, 0.25) is 0 Å². The highest BCUT2D eigenvalue weighted by atomic mass is 28.3. The molecule has 0 spiro atoms. The van der Waals surface area contributed by atoms with Gasteiger partial charge in [0.15, 0.2) is 8.07 Å². The van der Waals surface area contributed by atoms with E-state index in [0.717, 1.165) is 17.1 Å². The number of hydrogen-bond acceptors (Lipinski definition) is 0. The van der Waals surface area contributed by atoms with Gasteiger partial charge in [-0.05, 0) is 99.1 Å².